The summed E-state index contributed by atoms with van der Waals surface area (Å²) in [7, 11) is 0. The molecule has 0 bridgehead atoms. The van der Waals surface area contributed by atoms with E-state index >= 15 is 0 Å². The van der Waals surface area contributed by atoms with Gasteiger partial charge in [0.2, 0.25) is 0 Å². The van der Waals surface area contributed by atoms with Gasteiger partial charge in [-0.05, 0) is 24.3 Å². The third kappa shape index (κ3) is 3.75. The Balaban J connectivity index is 2.30. The van der Waals surface area contributed by atoms with E-state index in [2.05, 4.69) is 5.32 Å². The summed E-state index contributed by atoms with van der Waals surface area (Å²) < 4.78 is 38.6. The number of nitrogens with one attached hydrogen (secondary N) is 1. The highest BCUT2D eigenvalue weighted by atomic mass is 19.4. The van der Waals surface area contributed by atoms with Crippen LogP contribution in [0.15, 0.2) is 42.5 Å². The molecule has 0 fully saturated rings. The van der Waals surface area contributed by atoms with Crippen LogP contribution in [-0.4, -0.2) is 17.1 Å². The van der Waals surface area contributed by atoms with E-state index in [4.69, 9.17) is 0 Å². The molecule has 0 saturated heterocycles. The van der Waals surface area contributed by atoms with Gasteiger partial charge < -0.3 is 5.32 Å². The van der Waals surface area contributed by atoms with Gasteiger partial charge in [0.15, 0.2) is 0 Å². The van der Waals surface area contributed by atoms with Gasteiger partial charge in [-0.3, -0.25) is 19.7 Å². The molecule has 2 rings (SSSR count). The maximum atomic E-state index is 12.9. The van der Waals surface area contributed by atoms with Crippen LogP contribution in [0.25, 0.3) is 0 Å². The number of nitro groups is 1. The van der Waals surface area contributed by atoms with Crippen molar-refractivity contribution < 1.29 is 27.7 Å². The van der Waals surface area contributed by atoms with Crippen molar-refractivity contribution in [2.24, 2.45) is 0 Å². The summed E-state index contributed by atoms with van der Waals surface area (Å²) in [6.45, 7) is 0. The van der Waals surface area contributed by atoms with Gasteiger partial charge in [-0.1, -0.05) is 12.1 Å². The standard InChI is InChI=1S/C15H9F3N2O4/c16-15(17,18)12-7-11(5-6-13(12)20(23)24)19-14(22)10-3-1-9(8-21)2-4-10/h1-8H,(H,19,22). The Labute approximate surface area is 133 Å². The lowest BCUT2D eigenvalue weighted by molar-refractivity contribution is -0.388. The van der Waals surface area contributed by atoms with E-state index in [1.165, 1.54) is 24.3 Å². The fourth-order valence-corrected chi connectivity index (χ4v) is 1.92. The van der Waals surface area contributed by atoms with Crippen molar-refractivity contribution in [3.05, 3.63) is 69.3 Å². The molecular formula is C15H9F3N2O4. The number of benzene rings is 2. The van der Waals surface area contributed by atoms with E-state index in [0.717, 1.165) is 6.07 Å². The number of carbonyl (C=O) groups is 2. The minimum atomic E-state index is -4.94. The maximum Gasteiger partial charge on any atom is 0.423 e. The summed E-state index contributed by atoms with van der Waals surface area (Å²) in [6, 6.07) is 7.58. The Kier molecular flexibility index (Phi) is 4.63. The predicted molar refractivity (Wildman–Crippen MR) is 77.9 cm³/mol. The van der Waals surface area contributed by atoms with Gasteiger partial charge >= 0.3 is 6.18 Å². The van der Waals surface area contributed by atoms with Crippen LogP contribution in [0.3, 0.4) is 0 Å². The number of aldehydes is 1. The number of anilines is 1. The first-order valence-electron chi connectivity index (χ1n) is 6.44. The van der Waals surface area contributed by atoms with Crippen molar-refractivity contribution in [2.45, 2.75) is 6.18 Å². The van der Waals surface area contributed by atoms with E-state index in [1.807, 2.05) is 0 Å². The molecule has 0 aliphatic heterocycles. The first kappa shape index (κ1) is 17.1. The van der Waals surface area contributed by atoms with Gasteiger partial charge in [-0.15, -0.1) is 0 Å². The number of halogens is 3. The van der Waals surface area contributed by atoms with Crippen LogP contribution in [0.2, 0.25) is 0 Å². The lowest BCUT2D eigenvalue weighted by atomic mass is 10.1. The largest absolute Gasteiger partial charge is 0.423 e. The van der Waals surface area contributed by atoms with Gasteiger partial charge in [-0.25, -0.2) is 0 Å². The molecule has 0 atom stereocenters. The molecule has 0 aliphatic carbocycles. The third-order valence-electron chi connectivity index (χ3n) is 3.07. The predicted octanol–water partition coefficient (Wildman–Crippen LogP) is 3.68. The van der Waals surface area contributed by atoms with Crippen molar-refractivity contribution in [3.63, 3.8) is 0 Å². The number of rotatable bonds is 4. The summed E-state index contributed by atoms with van der Waals surface area (Å²) in [6.07, 6.45) is -4.36. The van der Waals surface area contributed by atoms with Crippen molar-refractivity contribution in [2.75, 3.05) is 5.32 Å². The Morgan fingerprint density at radius 1 is 1.12 bits per heavy atom. The molecule has 6 nitrogen and oxygen atoms in total. The van der Waals surface area contributed by atoms with Crippen molar-refractivity contribution in [3.8, 4) is 0 Å². The average molecular weight is 338 g/mol. The van der Waals surface area contributed by atoms with E-state index in [-0.39, 0.29) is 11.3 Å². The monoisotopic (exact) mass is 338 g/mol. The van der Waals surface area contributed by atoms with Crippen LogP contribution >= 0.6 is 0 Å². The second-order valence-electron chi connectivity index (χ2n) is 4.68. The molecule has 0 radical (unpaired) electrons. The quantitative estimate of drug-likeness (QED) is 0.523. The molecule has 1 N–H and O–H groups in total. The zero-order chi connectivity index (χ0) is 17.9. The molecule has 1 amide bonds. The first-order valence-corrected chi connectivity index (χ1v) is 6.44. The number of amides is 1. The molecule has 0 heterocycles. The maximum absolute atomic E-state index is 12.9. The third-order valence-corrected chi connectivity index (χ3v) is 3.07. The first-order chi connectivity index (χ1) is 11.2. The molecular weight excluding hydrogens is 329 g/mol. The molecule has 0 unspecified atom stereocenters. The minimum absolute atomic E-state index is 0.118. The van der Waals surface area contributed by atoms with E-state index in [9.17, 15) is 32.9 Å². The smallest absolute Gasteiger partial charge is 0.322 e. The molecule has 2 aromatic rings. The van der Waals surface area contributed by atoms with Crippen LogP contribution in [0.4, 0.5) is 24.5 Å². The summed E-state index contributed by atoms with van der Waals surface area (Å²) in [4.78, 5) is 32.0. The molecule has 0 spiro atoms. The fraction of sp³-hybridized carbons (Fsp3) is 0.0667. The molecule has 0 aromatic heterocycles. The topological polar surface area (TPSA) is 89.3 Å². The number of hydrogen-bond donors (Lipinski definition) is 1. The lowest BCUT2D eigenvalue weighted by Crippen LogP contribution is -2.14. The number of nitro benzene ring substituents is 1. The van der Waals surface area contributed by atoms with Gasteiger partial charge in [0, 0.05) is 22.9 Å². The van der Waals surface area contributed by atoms with Crippen LogP contribution in [0.5, 0.6) is 0 Å². The van der Waals surface area contributed by atoms with E-state index in [1.54, 1.807) is 0 Å². The fourth-order valence-electron chi connectivity index (χ4n) is 1.92. The number of alkyl halides is 3. The van der Waals surface area contributed by atoms with E-state index in [0.29, 0.717) is 24.0 Å². The molecule has 124 valence electrons. The van der Waals surface area contributed by atoms with Crippen molar-refractivity contribution >= 4 is 23.6 Å². The lowest BCUT2D eigenvalue weighted by Gasteiger charge is -2.10. The molecule has 0 aliphatic rings. The second-order valence-corrected chi connectivity index (χ2v) is 4.68. The van der Waals surface area contributed by atoms with Crippen LogP contribution in [-0.2, 0) is 6.18 Å². The van der Waals surface area contributed by atoms with Crippen LogP contribution in [0.1, 0.15) is 26.3 Å². The Hall–Kier alpha value is -3.23. The molecule has 2 aromatic carbocycles. The zero-order valence-electron chi connectivity index (χ0n) is 11.8. The van der Waals surface area contributed by atoms with Gasteiger partial charge in [0.1, 0.15) is 11.8 Å². The molecule has 9 heteroatoms. The van der Waals surface area contributed by atoms with Crippen molar-refractivity contribution in [1.82, 2.24) is 0 Å². The second kappa shape index (κ2) is 6.49. The molecule has 0 saturated carbocycles. The highest BCUT2D eigenvalue weighted by Gasteiger charge is 2.38. The number of carbonyl (C=O) groups excluding carboxylic acids is 2. The Morgan fingerprint density at radius 3 is 2.25 bits per heavy atom. The van der Waals surface area contributed by atoms with Crippen LogP contribution < -0.4 is 5.32 Å². The summed E-state index contributed by atoms with van der Waals surface area (Å²) in [5.41, 5.74) is -2.34. The Bertz CT molecular complexity index is 801. The van der Waals surface area contributed by atoms with Gasteiger partial charge in [0.05, 0.1) is 4.92 Å². The molecule has 24 heavy (non-hydrogen) atoms. The highest BCUT2D eigenvalue weighted by molar-refractivity contribution is 6.04. The minimum Gasteiger partial charge on any atom is -0.322 e. The number of hydrogen-bond acceptors (Lipinski definition) is 4. The Morgan fingerprint density at radius 2 is 1.75 bits per heavy atom. The zero-order valence-corrected chi connectivity index (χ0v) is 11.8. The van der Waals surface area contributed by atoms with Crippen LogP contribution in [0, 0.1) is 10.1 Å². The highest BCUT2D eigenvalue weighted by Crippen LogP contribution is 2.37. The summed E-state index contributed by atoms with van der Waals surface area (Å²) >= 11 is 0. The van der Waals surface area contributed by atoms with Crippen molar-refractivity contribution in [1.29, 1.82) is 0 Å². The SMILES string of the molecule is O=Cc1ccc(C(=O)Nc2ccc([N+](=O)[O-])c(C(F)(F)F)c2)cc1. The van der Waals surface area contributed by atoms with Gasteiger partial charge in [-0.2, -0.15) is 13.2 Å². The average Bonchev–Trinajstić information content (AvgIpc) is 2.53. The van der Waals surface area contributed by atoms with E-state index < -0.39 is 28.3 Å². The summed E-state index contributed by atoms with van der Waals surface area (Å²) in [5.74, 6) is -0.713. The van der Waals surface area contributed by atoms with Gasteiger partial charge in [0.25, 0.3) is 11.6 Å². The number of nitrogens with zero attached hydrogens (tertiary/aromatic N) is 1. The normalized spacial score (nSPS) is 11.0. The summed E-state index contributed by atoms with van der Waals surface area (Å²) in [5, 5.41) is 12.9.